The van der Waals surface area contributed by atoms with E-state index in [4.69, 9.17) is 14.6 Å². The molecule has 1 aromatic rings. The number of aromatic hydroxyl groups is 1. The van der Waals surface area contributed by atoms with Gasteiger partial charge in [0.2, 0.25) is 0 Å². The largest absolute Gasteiger partial charge is 0.508 e. The Balaban J connectivity index is 2.53. The van der Waals surface area contributed by atoms with Crippen LogP contribution in [0.2, 0.25) is 0 Å². The smallest absolute Gasteiger partial charge is 0.354 e. The molecule has 19 heavy (non-hydrogen) atoms. The van der Waals surface area contributed by atoms with E-state index in [9.17, 15) is 9.59 Å². The average Bonchev–Trinajstić information content (AvgIpc) is 2.40. The Kier molecular flexibility index (Phi) is 5.36. The predicted molar refractivity (Wildman–Crippen MR) is 68.8 cm³/mol. The van der Waals surface area contributed by atoms with Crippen molar-refractivity contribution in [2.24, 2.45) is 5.92 Å². The third kappa shape index (κ3) is 4.62. The van der Waals surface area contributed by atoms with Gasteiger partial charge < -0.3 is 14.6 Å². The summed E-state index contributed by atoms with van der Waals surface area (Å²) < 4.78 is 10.0. The minimum absolute atomic E-state index is 0.106. The van der Waals surface area contributed by atoms with Gasteiger partial charge in [0.15, 0.2) is 6.10 Å². The van der Waals surface area contributed by atoms with Gasteiger partial charge in [-0.05, 0) is 37.6 Å². The molecule has 5 heteroatoms. The molecule has 0 aliphatic carbocycles. The first-order valence-electron chi connectivity index (χ1n) is 6.15. The second-order valence-electron chi connectivity index (χ2n) is 4.30. The van der Waals surface area contributed by atoms with Crippen molar-refractivity contribution in [3.8, 4) is 11.5 Å². The monoisotopic (exact) mass is 266 g/mol. The minimum atomic E-state index is -0.891. The van der Waals surface area contributed by atoms with E-state index in [-0.39, 0.29) is 11.7 Å². The number of phenols is 1. The average molecular weight is 266 g/mol. The summed E-state index contributed by atoms with van der Waals surface area (Å²) in [4.78, 5) is 23.1. The zero-order valence-electron chi connectivity index (χ0n) is 11.3. The van der Waals surface area contributed by atoms with Crippen LogP contribution in [-0.4, -0.2) is 23.1 Å². The number of phenolic OH excluding ortho intramolecular Hbond substituents is 1. The standard InChI is InChI=1S/C14H18O5/c1-4-9(2)13(16)19-14(17)10(3)18-12-7-5-11(15)6-8-12/h5-10,15H,4H2,1-3H3/t9?,10-/m1/s1. The molecular weight excluding hydrogens is 248 g/mol. The maximum atomic E-state index is 11.6. The first kappa shape index (κ1) is 15.0. The van der Waals surface area contributed by atoms with Gasteiger partial charge in [-0.25, -0.2) is 4.79 Å². The number of carbonyl (C=O) groups excluding carboxylic acids is 2. The highest BCUT2D eigenvalue weighted by molar-refractivity contribution is 5.88. The van der Waals surface area contributed by atoms with Crippen LogP contribution in [0.4, 0.5) is 0 Å². The lowest BCUT2D eigenvalue weighted by molar-refractivity contribution is -0.166. The highest BCUT2D eigenvalue weighted by atomic mass is 16.6. The lowest BCUT2D eigenvalue weighted by Crippen LogP contribution is -2.30. The number of hydrogen-bond acceptors (Lipinski definition) is 5. The zero-order valence-corrected chi connectivity index (χ0v) is 11.3. The van der Waals surface area contributed by atoms with E-state index in [0.29, 0.717) is 12.2 Å². The number of carbonyl (C=O) groups is 2. The Morgan fingerprint density at radius 2 is 1.74 bits per heavy atom. The topological polar surface area (TPSA) is 72.8 Å². The quantitative estimate of drug-likeness (QED) is 0.653. The lowest BCUT2D eigenvalue weighted by atomic mass is 10.1. The van der Waals surface area contributed by atoms with Crippen molar-refractivity contribution in [1.29, 1.82) is 0 Å². The van der Waals surface area contributed by atoms with E-state index in [1.807, 2.05) is 6.92 Å². The summed E-state index contributed by atoms with van der Waals surface area (Å²) in [6.45, 7) is 5.03. The Hall–Kier alpha value is -2.04. The fraction of sp³-hybridized carbons (Fsp3) is 0.429. The second-order valence-corrected chi connectivity index (χ2v) is 4.30. The van der Waals surface area contributed by atoms with Crippen LogP contribution >= 0.6 is 0 Å². The summed E-state index contributed by atoms with van der Waals surface area (Å²) in [5, 5.41) is 9.12. The van der Waals surface area contributed by atoms with Crippen LogP contribution in [0.3, 0.4) is 0 Å². The maximum Gasteiger partial charge on any atom is 0.354 e. The molecule has 0 heterocycles. The predicted octanol–water partition coefficient (Wildman–Crippen LogP) is 2.28. The molecule has 0 saturated carbocycles. The number of benzene rings is 1. The van der Waals surface area contributed by atoms with E-state index in [2.05, 4.69) is 0 Å². The molecule has 1 unspecified atom stereocenters. The molecule has 0 spiro atoms. The van der Waals surface area contributed by atoms with Gasteiger partial charge >= 0.3 is 11.9 Å². The lowest BCUT2D eigenvalue weighted by Gasteiger charge is -2.14. The third-order valence-electron chi connectivity index (χ3n) is 2.70. The summed E-state index contributed by atoms with van der Waals surface area (Å²) >= 11 is 0. The Bertz CT molecular complexity index is 438. The summed E-state index contributed by atoms with van der Waals surface area (Å²) in [5.41, 5.74) is 0. The number of hydrogen-bond donors (Lipinski definition) is 1. The van der Waals surface area contributed by atoms with Crippen LogP contribution in [0.5, 0.6) is 11.5 Å². The van der Waals surface area contributed by atoms with Gasteiger partial charge in [0, 0.05) is 0 Å². The van der Waals surface area contributed by atoms with Crippen molar-refractivity contribution in [1.82, 2.24) is 0 Å². The van der Waals surface area contributed by atoms with E-state index >= 15 is 0 Å². The van der Waals surface area contributed by atoms with Crippen LogP contribution in [0.15, 0.2) is 24.3 Å². The summed E-state index contributed by atoms with van der Waals surface area (Å²) in [6.07, 6.45) is -0.281. The zero-order chi connectivity index (χ0) is 14.4. The SMILES string of the molecule is CCC(C)C(=O)OC(=O)[C@@H](C)Oc1ccc(O)cc1. The summed E-state index contributed by atoms with van der Waals surface area (Å²) in [6, 6.07) is 5.93. The van der Waals surface area contributed by atoms with Gasteiger partial charge in [-0.1, -0.05) is 13.8 Å². The minimum Gasteiger partial charge on any atom is -0.508 e. The second kappa shape index (κ2) is 6.78. The molecule has 0 fully saturated rings. The van der Waals surface area contributed by atoms with Crippen molar-refractivity contribution >= 4 is 11.9 Å². The van der Waals surface area contributed by atoms with Gasteiger partial charge in [0.05, 0.1) is 5.92 Å². The third-order valence-corrected chi connectivity index (χ3v) is 2.70. The molecule has 0 aliphatic rings. The molecule has 0 saturated heterocycles. The molecule has 0 aromatic heterocycles. The van der Waals surface area contributed by atoms with Crippen molar-refractivity contribution in [2.45, 2.75) is 33.3 Å². The van der Waals surface area contributed by atoms with E-state index in [1.165, 1.54) is 31.2 Å². The normalized spacial score (nSPS) is 13.4. The van der Waals surface area contributed by atoms with Gasteiger partial charge in [-0.15, -0.1) is 0 Å². The van der Waals surface area contributed by atoms with Crippen molar-refractivity contribution in [3.05, 3.63) is 24.3 Å². The number of rotatable bonds is 5. The fourth-order valence-corrected chi connectivity index (χ4v) is 1.23. The van der Waals surface area contributed by atoms with Gasteiger partial charge in [0.25, 0.3) is 0 Å². The Morgan fingerprint density at radius 3 is 2.26 bits per heavy atom. The summed E-state index contributed by atoms with van der Waals surface area (Å²) in [7, 11) is 0. The van der Waals surface area contributed by atoms with E-state index in [0.717, 1.165) is 0 Å². The molecular formula is C14H18O5. The van der Waals surface area contributed by atoms with E-state index in [1.54, 1.807) is 6.92 Å². The van der Waals surface area contributed by atoms with E-state index < -0.39 is 18.0 Å². The Morgan fingerprint density at radius 1 is 1.16 bits per heavy atom. The van der Waals surface area contributed by atoms with Gasteiger partial charge in [-0.2, -0.15) is 0 Å². The molecule has 1 N–H and O–H groups in total. The first-order chi connectivity index (χ1) is 8.93. The molecule has 5 nitrogen and oxygen atoms in total. The molecule has 0 radical (unpaired) electrons. The fourth-order valence-electron chi connectivity index (χ4n) is 1.23. The number of esters is 2. The molecule has 104 valence electrons. The van der Waals surface area contributed by atoms with Crippen molar-refractivity contribution < 1.29 is 24.2 Å². The molecule has 0 bridgehead atoms. The molecule has 1 aromatic carbocycles. The molecule has 2 atom stereocenters. The molecule has 0 amide bonds. The van der Waals surface area contributed by atoms with Gasteiger partial charge in [0.1, 0.15) is 11.5 Å². The molecule has 1 rings (SSSR count). The van der Waals surface area contributed by atoms with Crippen LogP contribution in [0.1, 0.15) is 27.2 Å². The number of ether oxygens (including phenoxy) is 2. The highest BCUT2D eigenvalue weighted by Gasteiger charge is 2.22. The van der Waals surface area contributed by atoms with Crippen molar-refractivity contribution in [2.75, 3.05) is 0 Å². The first-order valence-corrected chi connectivity index (χ1v) is 6.15. The summed E-state index contributed by atoms with van der Waals surface area (Å²) in [5.74, 6) is -1.07. The molecule has 0 aliphatic heterocycles. The Labute approximate surface area is 112 Å². The van der Waals surface area contributed by atoms with Crippen LogP contribution in [0, 0.1) is 5.92 Å². The van der Waals surface area contributed by atoms with Crippen LogP contribution in [0.25, 0.3) is 0 Å². The van der Waals surface area contributed by atoms with Crippen LogP contribution < -0.4 is 4.74 Å². The van der Waals surface area contributed by atoms with Crippen molar-refractivity contribution in [3.63, 3.8) is 0 Å². The van der Waals surface area contributed by atoms with Gasteiger partial charge in [-0.3, -0.25) is 4.79 Å². The maximum absolute atomic E-state index is 11.6. The highest BCUT2D eigenvalue weighted by Crippen LogP contribution is 2.17. The van der Waals surface area contributed by atoms with Crippen LogP contribution in [-0.2, 0) is 14.3 Å².